The maximum Gasteiger partial charge on any atom is 0.223 e. The first-order chi connectivity index (χ1) is 7.43. The first kappa shape index (κ1) is 13.8. The van der Waals surface area contributed by atoms with Crippen LogP contribution in [0, 0.1) is 0 Å². The number of carbonyl (C=O) groups is 1. The zero-order valence-electron chi connectivity index (χ0n) is 10.9. The third-order valence-corrected chi connectivity index (χ3v) is 4.64. The summed E-state index contributed by atoms with van der Waals surface area (Å²) in [7, 11) is 3.62. The highest BCUT2D eigenvalue weighted by atomic mass is 32.2. The van der Waals surface area contributed by atoms with Crippen molar-refractivity contribution in [2.45, 2.75) is 43.9 Å². The van der Waals surface area contributed by atoms with Crippen LogP contribution in [-0.2, 0) is 4.79 Å². The highest BCUT2D eigenvalue weighted by Crippen LogP contribution is 2.37. The lowest BCUT2D eigenvalue weighted by Gasteiger charge is -2.26. The van der Waals surface area contributed by atoms with Crippen molar-refractivity contribution in [3.05, 3.63) is 0 Å². The first-order valence-corrected chi connectivity index (χ1v) is 6.99. The van der Waals surface area contributed by atoms with E-state index in [-0.39, 0.29) is 11.9 Å². The molecule has 1 saturated heterocycles. The Morgan fingerprint density at radius 3 is 2.75 bits per heavy atom. The van der Waals surface area contributed by atoms with Crippen LogP contribution in [0.25, 0.3) is 0 Å². The second-order valence-electron chi connectivity index (χ2n) is 5.18. The maximum atomic E-state index is 11.5. The number of thioether (sulfide) groups is 1. The van der Waals surface area contributed by atoms with Crippen molar-refractivity contribution < 1.29 is 4.79 Å². The van der Waals surface area contributed by atoms with E-state index in [2.05, 4.69) is 30.9 Å². The van der Waals surface area contributed by atoms with Gasteiger partial charge in [-0.25, -0.2) is 0 Å². The van der Waals surface area contributed by atoms with Gasteiger partial charge in [-0.15, -0.1) is 0 Å². The van der Waals surface area contributed by atoms with Crippen molar-refractivity contribution in [1.82, 2.24) is 10.2 Å². The molecule has 0 saturated carbocycles. The summed E-state index contributed by atoms with van der Waals surface area (Å²) in [6, 6.07) is 0.271. The van der Waals surface area contributed by atoms with E-state index in [0.29, 0.717) is 11.2 Å². The Morgan fingerprint density at radius 2 is 2.25 bits per heavy atom. The molecule has 0 spiro atoms. The number of amides is 1. The Morgan fingerprint density at radius 1 is 1.56 bits per heavy atom. The molecule has 1 N–H and O–H groups in total. The Kier molecular flexibility index (Phi) is 5.12. The normalized spacial score (nSPS) is 26.8. The van der Waals surface area contributed by atoms with Crippen molar-refractivity contribution in [3.8, 4) is 0 Å². The van der Waals surface area contributed by atoms with Crippen LogP contribution < -0.4 is 5.32 Å². The molecule has 0 aliphatic carbocycles. The van der Waals surface area contributed by atoms with Crippen LogP contribution in [-0.4, -0.2) is 48.0 Å². The molecule has 3 nitrogen and oxygen atoms in total. The van der Waals surface area contributed by atoms with E-state index in [0.717, 1.165) is 6.54 Å². The van der Waals surface area contributed by atoms with Gasteiger partial charge in [-0.1, -0.05) is 0 Å². The first-order valence-electron chi connectivity index (χ1n) is 6.00. The monoisotopic (exact) mass is 244 g/mol. The Bertz CT molecular complexity index is 237. The molecule has 0 aromatic heterocycles. The van der Waals surface area contributed by atoms with Gasteiger partial charge in [-0.3, -0.25) is 4.79 Å². The van der Waals surface area contributed by atoms with Gasteiger partial charge in [0.25, 0.3) is 0 Å². The van der Waals surface area contributed by atoms with Crippen molar-refractivity contribution in [2.75, 3.05) is 26.4 Å². The highest BCUT2D eigenvalue weighted by Gasteiger charge is 2.29. The van der Waals surface area contributed by atoms with E-state index in [4.69, 9.17) is 0 Å². The summed E-state index contributed by atoms with van der Waals surface area (Å²) < 4.78 is 0.384. The Balaban J connectivity index is 2.24. The van der Waals surface area contributed by atoms with Crippen LogP contribution in [0.4, 0.5) is 0 Å². The number of hydrogen-bond donors (Lipinski definition) is 1. The summed E-state index contributed by atoms with van der Waals surface area (Å²) >= 11 is 2.05. The molecule has 1 heterocycles. The average molecular weight is 244 g/mol. The van der Waals surface area contributed by atoms with Crippen molar-refractivity contribution in [1.29, 1.82) is 0 Å². The van der Waals surface area contributed by atoms with Gasteiger partial charge in [0.1, 0.15) is 0 Å². The number of nitrogens with zero attached hydrogens (tertiary/aromatic N) is 1. The van der Waals surface area contributed by atoms with E-state index in [1.165, 1.54) is 18.6 Å². The van der Waals surface area contributed by atoms with Gasteiger partial charge >= 0.3 is 0 Å². The largest absolute Gasteiger partial charge is 0.349 e. The number of nitrogens with one attached hydrogen (secondary N) is 1. The van der Waals surface area contributed by atoms with E-state index >= 15 is 0 Å². The number of hydrogen-bond acceptors (Lipinski definition) is 3. The number of carbonyl (C=O) groups excluding carboxylic acids is 1. The van der Waals surface area contributed by atoms with Crippen LogP contribution in [0.2, 0.25) is 0 Å². The molecule has 0 aromatic rings. The molecular weight excluding hydrogens is 220 g/mol. The van der Waals surface area contributed by atoms with Crippen LogP contribution in [0.3, 0.4) is 0 Å². The topological polar surface area (TPSA) is 32.3 Å². The second-order valence-corrected chi connectivity index (χ2v) is 6.86. The van der Waals surface area contributed by atoms with Crippen LogP contribution in [0.15, 0.2) is 0 Å². The van der Waals surface area contributed by atoms with Crippen LogP contribution in [0.5, 0.6) is 0 Å². The summed E-state index contributed by atoms with van der Waals surface area (Å²) in [6.45, 7) is 5.42. The van der Waals surface area contributed by atoms with E-state index in [1.807, 2.05) is 14.1 Å². The SMILES string of the molecule is CC(CC(=O)N(C)C)NCC1(C)CCCS1. The minimum absolute atomic E-state index is 0.198. The molecule has 2 unspecified atom stereocenters. The minimum Gasteiger partial charge on any atom is -0.349 e. The fourth-order valence-electron chi connectivity index (χ4n) is 1.88. The molecule has 2 atom stereocenters. The summed E-state index contributed by atoms with van der Waals surface area (Å²) in [4.78, 5) is 13.2. The van der Waals surface area contributed by atoms with Gasteiger partial charge in [0.05, 0.1) is 0 Å². The summed E-state index contributed by atoms with van der Waals surface area (Å²) in [5, 5.41) is 3.48. The summed E-state index contributed by atoms with van der Waals surface area (Å²) in [6.07, 6.45) is 3.21. The highest BCUT2D eigenvalue weighted by molar-refractivity contribution is 8.00. The lowest BCUT2D eigenvalue weighted by molar-refractivity contribution is -0.129. The fraction of sp³-hybridized carbons (Fsp3) is 0.917. The zero-order valence-corrected chi connectivity index (χ0v) is 11.7. The smallest absolute Gasteiger partial charge is 0.223 e. The van der Waals surface area contributed by atoms with Crippen molar-refractivity contribution in [3.63, 3.8) is 0 Å². The zero-order chi connectivity index (χ0) is 12.2. The quantitative estimate of drug-likeness (QED) is 0.799. The Hall–Kier alpha value is -0.220. The molecule has 1 aliphatic rings. The standard InChI is InChI=1S/C12H24N2OS/c1-10(8-11(15)14(3)4)13-9-12(2)6-5-7-16-12/h10,13H,5-9H2,1-4H3. The fourth-order valence-corrected chi connectivity index (χ4v) is 3.14. The summed E-state index contributed by atoms with van der Waals surface area (Å²) in [5.74, 6) is 1.48. The Labute approximate surface area is 103 Å². The molecule has 1 rings (SSSR count). The predicted octanol–water partition coefficient (Wildman–Crippen LogP) is 1.73. The summed E-state index contributed by atoms with van der Waals surface area (Å²) in [5.41, 5.74) is 0. The van der Waals surface area contributed by atoms with E-state index in [1.54, 1.807) is 4.90 Å². The lowest BCUT2D eigenvalue weighted by Crippen LogP contribution is -2.40. The average Bonchev–Trinajstić information content (AvgIpc) is 2.63. The van der Waals surface area contributed by atoms with Gasteiger partial charge in [0, 0.05) is 37.8 Å². The molecule has 1 aliphatic heterocycles. The molecule has 4 heteroatoms. The van der Waals surface area contributed by atoms with Crippen molar-refractivity contribution in [2.24, 2.45) is 0 Å². The predicted molar refractivity (Wildman–Crippen MR) is 70.9 cm³/mol. The minimum atomic E-state index is 0.198. The van der Waals surface area contributed by atoms with Gasteiger partial charge in [-0.05, 0) is 32.4 Å². The molecule has 16 heavy (non-hydrogen) atoms. The molecule has 0 bridgehead atoms. The molecule has 1 fully saturated rings. The van der Waals surface area contributed by atoms with Crippen LogP contribution >= 0.6 is 11.8 Å². The van der Waals surface area contributed by atoms with E-state index < -0.39 is 0 Å². The second kappa shape index (κ2) is 5.92. The third kappa shape index (κ3) is 4.34. The molecule has 0 radical (unpaired) electrons. The van der Waals surface area contributed by atoms with Gasteiger partial charge < -0.3 is 10.2 Å². The molecule has 94 valence electrons. The van der Waals surface area contributed by atoms with Gasteiger partial charge in [-0.2, -0.15) is 11.8 Å². The lowest BCUT2D eigenvalue weighted by atomic mass is 10.1. The molecule has 0 aromatic carbocycles. The third-order valence-electron chi connectivity index (χ3n) is 3.10. The van der Waals surface area contributed by atoms with E-state index in [9.17, 15) is 4.79 Å². The number of rotatable bonds is 5. The van der Waals surface area contributed by atoms with Gasteiger partial charge in [0.2, 0.25) is 5.91 Å². The molecular formula is C12H24N2OS. The van der Waals surface area contributed by atoms with Gasteiger partial charge in [0.15, 0.2) is 0 Å². The molecule has 1 amide bonds. The van der Waals surface area contributed by atoms with Crippen molar-refractivity contribution >= 4 is 17.7 Å². The maximum absolute atomic E-state index is 11.5. The van der Waals surface area contributed by atoms with Crippen LogP contribution in [0.1, 0.15) is 33.1 Å².